The Labute approximate surface area is 145 Å². The van der Waals surface area contributed by atoms with E-state index < -0.39 is 0 Å². The van der Waals surface area contributed by atoms with E-state index in [2.05, 4.69) is 20.1 Å². The number of carbonyl (C=O) groups excluding carboxylic acids is 1. The number of para-hydroxylation sites is 2. The zero-order chi connectivity index (χ0) is 17.2. The molecule has 7 heteroatoms. The molecule has 2 aromatic heterocycles. The standard InChI is InChI=1S/C18H21N5O2/c1-2-16-21-18(22-25-16)14-8-5-11-23(14)17(24)10-9-15-19-12-6-3-4-7-13(12)20-15/h3-4,6-7,14H,2,5,8-11H2,1H3,(H,19,20)/t14-/m0/s1. The number of fused-ring (bicyclic) bond motifs is 1. The number of likely N-dealkylation sites (tertiary alicyclic amines) is 1. The van der Waals surface area contributed by atoms with Gasteiger partial charge >= 0.3 is 0 Å². The SMILES string of the molecule is CCc1nc([C@@H]2CCCN2C(=O)CCc2nc3ccccc3[nH]2)no1. The molecule has 1 aliphatic heterocycles. The minimum absolute atomic E-state index is 0.0628. The van der Waals surface area contributed by atoms with Crippen LogP contribution in [0.4, 0.5) is 0 Å². The van der Waals surface area contributed by atoms with E-state index in [9.17, 15) is 4.79 Å². The molecule has 0 aliphatic carbocycles. The number of rotatable bonds is 5. The minimum Gasteiger partial charge on any atom is -0.342 e. The number of benzene rings is 1. The highest BCUT2D eigenvalue weighted by Crippen LogP contribution is 2.30. The Morgan fingerprint density at radius 2 is 2.24 bits per heavy atom. The summed E-state index contributed by atoms with van der Waals surface area (Å²) in [5.41, 5.74) is 1.94. The van der Waals surface area contributed by atoms with Gasteiger partial charge in [-0.2, -0.15) is 4.98 Å². The lowest BCUT2D eigenvalue weighted by atomic mass is 10.2. The van der Waals surface area contributed by atoms with Crippen molar-refractivity contribution in [1.82, 2.24) is 25.0 Å². The molecule has 1 fully saturated rings. The molecule has 1 saturated heterocycles. The van der Waals surface area contributed by atoms with Crippen LogP contribution in [-0.2, 0) is 17.6 Å². The number of aromatic nitrogens is 4. The van der Waals surface area contributed by atoms with Gasteiger partial charge < -0.3 is 14.4 Å². The van der Waals surface area contributed by atoms with Crippen molar-refractivity contribution in [3.63, 3.8) is 0 Å². The van der Waals surface area contributed by atoms with Crippen LogP contribution in [0.2, 0.25) is 0 Å². The third kappa shape index (κ3) is 3.14. The van der Waals surface area contributed by atoms with E-state index in [1.807, 2.05) is 36.1 Å². The first-order valence-electron chi connectivity index (χ1n) is 8.80. The van der Waals surface area contributed by atoms with Gasteiger partial charge in [-0.15, -0.1) is 0 Å². The molecule has 4 rings (SSSR count). The van der Waals surface area contributed by atoms with Crippen LogP contribution in [0.15, 0.2) is 28.8 Å². The summed E-state index contributed by atoms with van der Waals surface area (Å²) in [6.07, 6.45) is 3.59. The van der Waals surface area contributed by atoms with Crippen LogP contribution in [0.1, 0.15) is 49.8 Å². The first-order chi connectivity index (χ1) is 12.2. The zero-order valence-corrected chi connectivity index (χ0v) is 14.2. The number of nitrogens with zero attached hydrogens (tertiary/aromatic N) is 4. The summed E-state index contributed by atoms with van der Waals surface area (Å²) >= 11 is 0. The van der Waals surface area contributed by atoms with Crippen molar-refractivity contribution in [2.75, 3.05) is 6.54 Å². The van der Waals surface area contributed by atoms with Crippen molar-refractivity contribution in [2.24, 2.45) is 0 Å². The van der Waals surface area contributed by atoms with Gasteiger partial charge in [0, 0.05) is 25.8 Å². The van der Waals surface area contributed by atoms with Crippen molar-refractivity contribution in [3.8, 4) is 0 Å². The number of hydrogen-bond acceptors (Lipinski definition) is 5. The summed E-state index contributed by atoms with van der Waals surface area (Å²) in [5.74, 6) is 2.21. The van der Waals surface area contributed by atoms with E-state index in [1.54, 1.807) is 0 Å². The average Bonchev–Trinajstić information content (AvgIpc) is 3.37. The van der Waals surface area contributed by atoms with Crippen LogP contribution in [0.25, 0.3) is 11.0 Å². The van der Waals surface area contributed by atoms with Crippen LogP contribution in [0.3, 0.4) is 0 Å². The van der Waals surface area contributed by atoms with Crippen molar-refractivity contribution in [2.45, 2.75) is 45.1 Å². The topological polar surface area (TPSA) is 87.9 Å². The molecular formula is C18H21N5O2. The van der Waals surface area contributed by atoms with E-state index >= 15 is 0 Å². The molecule has 130 valence electrons. The Bertz CT molecular complexity index is 851. The van der Waals surface area contributed by atoms with Gasteiger partial charge in [-0.25, -0.2) is 4.98 Å². The second-order valence-electron chi connectivity index (χ2n) is 6.35. The molecule has 7 nitrogen and oxygen atoms in total. The van der Waals surface area contributed by atoms with Gasteiger partial charge in [-0.05, 0) is 25.0 Å². The van der Waals surface area contributed by atoms with Crippen molar-refractivity contribution < 1.29 is 9.32 Å². The molecule has 0 bridgehead atoms. The lowest BCUT2D eigenvalue weighted by Crippen LogP contribution is -2.31. The fourth-order valence-electron chi connectivity index (χ4n) is 3.37. The highest BCUT2D eigenvalue weighted by molar-refractivity contribution is 5.78. The molecule has 0 saturated carbocycles. The Balaban J connectivity index is 1.42. The van der Waals surface area contributed by atoms with Gasteiger partial charge in [0.2, 0.25) is 11.8 Å². The van der Waals surface area contributed by atoms with Gasteiger partial charge in [0.05, 0.1) is 17.1 Å². The molecule has 0 unspecified atom stereocenters. The summed E-state index contributed by atoms with van der Waals surface area (Å²) in [5, 5.41) is 4.05. The number of aromatic amines is 1. The lowest BCUT2D eigenvalue weighted by molar-refractivity contribution is -0.132. The summed E-state index contributed by atoms with van der Waals surface area (Å²) in [6.45, 7) is 2.72. The Hall–Kier alpha value is -2.70. The predicted octanol–water partition coefficient (Wildman–Crippen LogP) is 2.80. The first kappa shape index (κ1) is 15.8. The normalized spacial score (nSPS) is 17.5. The Morgan fingerprint density at radius 1 is 1.36 bits per heavy atom. The van der Waals surface area contributed by atoms with E-state index in [4.69, 9.17) is 4.52 Å². The second-order valence-corrected chi connectivity index (χ2v) is 6.35. The molecule has 0 spiro atoms. The number of amides is 1. The number of H-pyrrole nitrogens is 1. The molecule has 1 amide bonds. The maximum atomic E-state index is 12.7. The van der Waals surface area contributed by atoms with Gasteiger partial charge in [0.25, 0.3) is 0 Å². The Morgan fingerprint density at radius 3 is 3.04 bits per heavy atom. The molecule has 3 aromatic rings. The highest BCUT2D eigenvalue weighted by Gasteiger charge is 2.33. The average molecular weight is 339 g/mol. The first-order valence-corrected chi connectivity index (χ1v) is 8.80. The number of hydrogen-bond donors (Lipinski definition) is 1. The molecule has 1 N–H and O–H groups in total. The van der Waals surface area contributed by atoms with Crippen LogP contribution < -0.4 is 0 Å². The van der Waals surface area contributed by atoms with Crippen LogP contribution in [-0.4, -0.2) is 37.5 Å². The fraction of sp³-hybridized carbons (Fsp3) is 0.444. The quantitative estimate of drug-likeness (QED) is 0.772. The molecule has 1 atom stereocenters. The Kier molecular flexibility index (Phi) is 4.21. The van der Waals surface area contributed by atoms with E-state index in [1.165, 1.54) is 0 Å². The molecule has 25 heavy (non-hydrogen) atoms. The van der Waals surface area contributed by atoms with E-state index in [0.717, 1.165) is 36.2 Å². The third-order valence-electron chi connectivity index (χ3n) is 4.67. The number of nitrogens with one attached hydrogen (secondary N) is 1. The molecule has 1 aliphatic rings. The van der Waals surface area contributed by atoms with Gasteiger partial charge in [0.15, 0.2) is 5.82 Å². The molecular weight excluding hydrogens is 318 g/mol. The molecule has 1 aromatic carbocycles. The number of carbonyl (C=O) groups is 1. The monoisotopic (exact) mass is 339 g/mol. The number of imidazole rings is 1. The van der Waals surface area contributed by atoms with Gasteiger partial charge in [0.1, 0.15) is 5.82 Å². The van der Waals surface area contributed by atoms with Crippen molar-refractivity contribution in [3.05, 3.63) is 41.8 Å². The van der Waals surface area contributed by atoms with Crippen LogP contribution in [0, 0.1) is 0 Å². The fourth-order valence-corrected chi connectivity index (χ4v) is 3.37. The number of aryl methyl sites for hydroxylation is 2. The van der Waals surface area contributed by atoms with Crippen molar-refractivity contribution in [1.29, 1.82) is 0 Å². The maximum Gasteiger partial charge on any atom is 0.226 e. The summed E-state index contributed by atoms with van der Waals surface area (Å²) in [6, 6.07) is 7.83. The molecule has 0 radical (unpaired) electrons. The van der Waals surface area contributed by atoms with Crippen LogP contribution >= 0.6 is 0 Å². The lowest BCUT2D eigenvalue weighted by Gasteiger charge is -2.22. The largest absolute Gasteiger partial charge is 0.342 e. The highest BCUT2D eigenvalue weighted by atomic mass is 16.5. The van der Waals surface area contributed by atoms with E-state index in [-0.39, 0.29) is 11.9 Å². The third-order valence-corrected chi connectivity index (χ3v) is 4.67. The minimum atomic E-state index is -0.0628. The molecule has 3 heterocycles. The summed E-state index contributed by atoms with van der Waals surface area (Å²) < 4.78 is 5.20. The van der Waals surface area contributed by atoms with Crippen molar-refractivity contribution >= 4 is 16.9 Å². The second kappa shape index (κ2) is 6.66. The van der Waals surface area contributed by atoms with Gasteiger partial charge in [-0.1, -0.05) is 24.2 Å². The predicted molar refractivity (Wildman–Crippen MR) is 91.8 cm³/mol. The summed E-state index contributed by atoms with van der Waals surface area (Å²) in [7, 11) is 0. The maximum absolute atomic E-state index is 12.7. The smallest absolute Gasteiger partial charge is 0.226 e. The summed E-state index contributed by atoms with van der Waals surface area (Å²) in [4.78, 5) is 26.8. The van der Waals surface area contributed by atoms with E-state index in [0.29, 0.717) is 31.0 Å². The van der Waals surface area contributed by atoms with Crippen LogP contribution in [0.5, 0.6) is 0 Å². The van der Waals surface area contributed by atoms with Gasteiger partial charge in [-0.3, -0.25) is 4.79 Å². The zero-order valence-electron chi connectivity index (χ0n) is 14.2.